The third-order valence-electron chi connectivity index (χ3n) is 7.22. The third-order valence-corrected chi connectivity index (χ3v) is 7.88. The van der Waals surface area contributed by atoms with Gasteiger partial charge in [-0.15, -0.1) is 6.58 Å². The molecule has 17 heteroatoms. The number of nitrogens with two attached hydrogens (primary N) is 5. The average Bonchev–Trinajstić information content (AvgIpc) is 3.13. The number of nitrogens with one attached hydrogen (secondary N) is 2. The lowest BCUT2D eigenvalue weighted by Crippen LogP contribution is -2.60. The molecule has 12 N–H and O–H groups in total. The van der Waals surface area contributed by atoms with Crippen LogP contribution < -0.4 is 39.3 Å². The molecule has 326 valence electrons. The van der Waals surface area contributed by atoms with Crippen LogP contribution in [-0.4, -0.2) is 120 Å². The smallest absolute Gasteiger partial charge is 0.236 e. The van der Waals surface area contributed by atoms with E-state index in [2.05, 4.69) is 29.9 Å². The molecule has 0 aromatic heterocycles. The fourth-order valence-electron chi connectivity index (χ4n) is 4.25. The molecule has 0 fully saturated rings. The Labute approximate surface area is 336 Å². The van der Waals surface area contributed by atoms with Gasteiger partial charge < -0.3 is 58.2 Å². The summed E-state index contributed by atoms with van der Waals surface area (Å²) in [7, 11) is 1.50. The zero-order valence-corrected chi connectivity index (χ0v) is 36.5. The van der Waals surface area contributed by atoms with E-state index in [4.69, 9.17) is 41.9 Å². The molecule has 3 atom stereocenters. The minimum atomic E-state index is -1.17. The minimum Gasteiger partial charge on any atom is -0.380 e. The first kappa shape index (κ1) is 59.1. The molecule has 0 bridgehead atoms. The first-order valence-electron chi connectivity index (χ1n) is 19.0. The summed E-state index contributed by atoms with van der Waals surface area (Å²) in [6, 6.07) is -0.971. The molecule has 0 rings (SSSR count). The molecule has 0 saturated carbocycles. The highest BCUT2D eigenvalue weighted by molar-refractivity contribution is 8.13. The van der Waals surface area contributed by atoms with Crippen LogP contribution in [0.15, 0.2) is 12.7 Å². The van der Waals surface area contributed by atoms with Crippen molar-refractivity contribution in [3.05, 3.63) is 12.7 Å². The van der Waals surface area contributed by atoms with Crippen LogP contribution in [-0.2, 0) is 42.9 Å². The summed E-state index contributed by atoms with van der Waals surface area (Å²) >= 11 is 1.10. The van der Waals surface area contributed by atoms with Crippen LogP contribution in [0.2, 0.25) is 0 Å². The van der Waals surface area contributed by atoms with Crippen molar-refractivity contribution in [1.82, 2.24) is 10.6 Å². The first-order chi connectivity index (χ1) is 25.8. The molecule has 0 radical (unpaired) electrons. The van der Waals surface area contributed by atoms with Crippen molar-refractivity contribution in [1.29, 1.82) is 0 Å². The van der Waals surface area contributed by atoms with Gasteiger partial charge in [0.1, 0.15) is 5.54 Å². The van der Waals surface area contributed by atoms with E-state index in [-0.39, 0.29) is 70.4 Å². The fraction of sp³-hybridized carbons (Fsp3) is 0.816. The van der Waals surface area contributed by atoms with Crippen LogP contribution in [0.4, 0.5) is 0 Å². The second-order valence-electron chi connectivity index (χ2n) is 14.3. The molecule has 0 spiro atoms. The van der Waals surface area contributed by atoms with Gasteiger partial charge in [-0.1, -0.05) is 73.2 Å². The summed E-state index contributed by atoms with van der Waals surface area (Å²) in [5.74, 6) is -2.44. The van der Waals surface area contributed by atoms with Gasteiger partial charge in [-0.25, -0.2) is 0 Å². The highest BCUT2D eigenvalue weighted by Gasteiger charge is 2.36. The van der Waals surface area contributed by atoms with Crippen molar-refractivity contribution in [2.24, 2.45) is 45.4 Å². The Kier molecular flexibility index (Phi) is 38.4. The highest BCUT2D eigenvalue weighted by atomic mass is 32.2. The fourth-order valence-corrected chi connectivity index (χ4v) is 4.53. The number of carbonyl (C=O) groups is 5. The first-order valence-corrected chi connectivity index (χ1v) is 20.2. The van der Waals surface area contributed by atoms with Crippen LogP contribution in [0.25, 0.3) is 0 Å². The van der Waals surface area contributed by atoms with E-state index in [9.17, 15) is 24.0 Å². The van der Waals surface area contributed by atoms with E-state index in [1.165, 1.54) is 7.05 Å². The standard InChI is InChI=1S/C32H59N5O9S.C3H9N.C2H6.CH5N/c1-8-9-12-43-20-32(21-44-13-10-25(34)38,22-45-14-11-27(40)47-7)37-28(41)23(2)15-24(33)29(42)36-17-31(5,6)19-46-18-30(3,4)16-26(35)39;1-2-3-4;2*1-2/h8,23-24H,1,9-22,33H2,2-7H3,(H2,34,38)(H2,35,39)(H,36,42)(H,37,41);2-4H2,1H3;1-2H3;2H2,1H3. The SMILES string of the molecule is C=CCCOCC(COCCC(N)=O)(COCCC(=O)SC)NC(=O)C(C)CC(N)C(=O)NCC(C)(C)COCC(C)(C)CC(N)=O.CC.CCCN.CN. The van der Waals surface area contributed by atoms with E-state index in [1.54, 1.807) is 19.3 Å². The van der Waals surface area contributed by atoms with Crippen molar-refractivity contribution in [3.8, 4) is 0 Å². The van der Waals surface area contributed by atoms with Crippen LogP contribution >= 0.6 is 11.8 Å². The van der Waals surface area contributed by atoms with Crippen LogP contribution in [0.3, 0.4) is 0 Å². The maximum atomic E-state index is 13.5. The summed E-state index contributed by atoms with van der Waals surface area (Å²) in [5.41, 5.74) is 24.3. The lowest BCUT2D eigenvalue weighted by atomic mass is 9.89. The molecule has 0 heterocycles. The second kappa shape index (κ2) is 35.8. The number of ether oxygens (including phenoxy) is 4. The van der Waals surface area contributed by atoms with Gasteiger partial charge in [0.25, 0.3) is 0 Å². The molecule has 0 aliphatic heterocycles. The van der Waals surface area contributed by atoms with E-state index in [1.807, 2.05) is 41.5 Å². The average molecular weight is 810 g/mol. The minimum absolute atomic E-state index is 0.00967. The molecule has 0 aliphatic carbocycles. The van der Waals surface area contributed by atoms with Gasteiger partial charge >= 0.3 is 0 Å². The van der Waals surface area contributed by atoms with Crippen molar-refractivity contribution in [2.75, 3.05) is 79.2 Å². The van der Waals surface area contributed by atoms with Gasteiger partial charge in [0.15, 0.2) is 5.12 Å². The maximum Gasteiger partial charge on any atom is 0.236 e. The second-order valence-corrected chi connectivity index (χ2v) is 15.1. The summed E-state index contributed by atoms with van der Waals surface area (Å²) in [6.07, 6.45) is 5.48. The van der Waals surface area contributed by atoms with E-state index >= 15 is 0 Å². The summed E-state index contributed by atoms with van der Waals surface area (Å²) in [6.45, 7) is 21.2. The third kappa shape index (κ3) is 35.5. The van der Waals surface area contributed by atoms with Crippen molar-refractivity contribution >= 4 is 40.5 Å². The topological polar surface area (TPSA) is 276 Å². The van der Waals surface area contributed by atoms with Gasteiger partial charge in [-0.2, -0.15) is 0 Å². The van der Waals surface area contributed by atoms with E-state index < -0.39 is 52.0 Å². The quantitative estimate of drug-likeness (QED) is 0.0421. The molecular formula is C38H79N7O9S. The Balaban J connectivity index is -0.00000149. The number of primary amides is 2. The van der Waals surface area contributed by atoms with Crippen LogP contribution in [0.5, 0.6) is 0 Å². The lowest BCUT2D eigenvalue weighted by Gasteiger charge is -2.35. The summed E-state index contributed by atoms with van der Waals surface area (Å²) < 4.78 is 23.1. The maximum absolute atomic E-state index is 13.5. The molecular weight excluding hydrogens is 731 g/mol. The predicted molar refractivity (Wildman–Crippen MR) is 223 cm³/mol. The highest BCUT2D eigenvalue weighted by Crippen LogP contribution is 2.22. The van der Waals surface area contributed by atoms with Gasteiger partial charge in [0.05, 0.1) is 58.9 Å². The number of rotatable bonds is 29. The van der Waals surface area contributed by atoms with E-state index in [0.717, 1.165) is 24.7 Å². The Bertz CT molecular complexity index is 1050. The Morgan fingerprint density at radius 3 is 1.75 bits per heavy atom. The van der Waals surface area contributed by atoms with Crippen LogP contribution in [0, 0.1) is 16.7 Å². The number of carbonyl (C=O) groups excluding carboxylic acids is 5. The molecule has 0 aromatic rings. The van der Waals surface area contributed by atoms with Gasteiger partial charge in [-0.05, 0) is 44.5 Å². The van der Waals surface area contributed by atoms with Gasteiger partial charge in [0, 0.05) is 37.1 Å². The van der Waals surface area contributed by atoms with Crippen molar-refractivity contribution < 1.29 is 42.9 Å². The number of hydrogen-bond donors (Lipinski definition) is 7. The number of amides is 4. The number of hydrogen-bond acceptors (Lipinski definition) is 13. The normalized spacial score (nSPS) is 13.1. The molecule has 16 nitrogen and oxygen atoms in total. The molecule has 0 aromatic carbocycles. The lowest BCUT2D eigenvalue weighted by molar-refractivity contribution is -0.133. The zero-order valence-electron chi connectivity index (χ0n) is 35.7. The van der Waals surface area contributed by atoms with Crippen molar-refractivity contribution in [2.45, 2.75) is 105 Å². The van der Waals surface area contributed by atoms with Crippen molar-refractivity contribution in [3.63, 3.8) is 0 Å². The van der Waals surface area contributed by atoms with Gasteiger partial charge in [0.2, 0.25) is 23.6 Å². The summed E-state index contributed by atoms with van der Waals surface area (Å²) in [4.78, 5) is 60.6. The van der Waals surface area contributed by atoms with Crippen LogP contribution in [0.1, 0.15) is 93.9 Å². The molecule has 55 heavy (non-hydrogen) atoms. The molecule has 0 saturated heterocycles. The Morgan fingerprint density at radius 2 is 1.29 bits per heavy atom. The Morgan fingerprint density at radius 1 is 0.800 bits per heavy atom. The largest absolute Gasteiger partial charge is 0.380 e. The van der Waals surface area contributed by atoms with E-state index in [0.29, 0.717) is 26.2 Å². The van der Waals surface area contributed by atoms with Gasteiger partial charge in [-0.3, -0.25) is 24.0 Å². The molecule has 4 amide bonds. The molecule has 3 unspecified atom stereocenters. The Hall–Kier alpha value is -2.64. The molecule has 0 aliphatic rings. The zero-order chi connectivity index (χ0) is 43.5. The monoisotopic (exact) mass is 810 g/mol. The summed E-state index contributed by atoms with van der Waals surface area (Å²) in [5, 5.41) is 5.77. The number of thioether (sulfide) groups is 1. The predicted octanol–water partition coefficient (Wildman–Crippen LogP) is 1.99.